The Kier molecular flexibility index (Phi) is 4.74. The summed E-state index contributed by atoms with van der Waals surface area (Å²) in [4.78, 5) is 3.95. The Morgan fingerprint density at radius 3 is 2.59 bits per heavy atom. The largest absolute Gasteiger partial charge is 0.385 e. The molecule has 3 N–H and O–H groups in total. The van der Waals surface area contributed by atoms with Crippen molar-refractivity contribution in [3.63, 3.8) is 0 Å². The van der Waals surface area contributed by atoms with Gasteiger partial charge in [0.15, 0.2) is 0 Å². The molecule has 1 rings (SSSR count). The highest BCUT2D eigenvalue weighted by Crippen LogP contribution is 2.37. The number of aliphatic hydroxyl groups is 1. The molecule has 1 heterocycles. The molecule has 0 aromatic carbocycles. The van der Waals surface area contributed by atoms with Gasteiger partial charge < -0.3 is 15.6 Å². The van der Waals surface area contributed by atoms with Crippen LogP contribution in [0.4, 0.5) is 5.82 Å². The van der Waals surface area contributed by atoms with Crippen molar-refractivity contribution < 1.29 is 9.84 Å². The average molecular weight is 259 g/mol. The molecule has 0 aliphatic carbocycles. The molecule has 0 radical (unpaired) electrons. The fourth-order valence-corrected chi connectivity index (χ4v) is 2.17. The molecule has 0 fully saturated rings. The van der Waals surface area contributed by atoms with Gasteiger partial charge in [-0.1, -0.05) is 25.4 Å². The second-order valence-corrected chi connectivity index (χ2v) is 4.44. The van der Waals surface area contributed by atoms with E-state index < -0.39 is 11.7 Å². The number of nitrogens with two attached hydrogens (primary N) is 1. The van der Waals surface area contributed by atoms with Crippen molar-refractivity contribution in [3.8, 4) is 0 Å². The van der Waals surface area contributed by atoms with Gasteiger partial charge in [0, 0.05) is 18.9 Å². The normalized spacial score (nSPS) is 13.7. The maximum Gasteiger partial charge on any atom is 0.129 e. The predicted octanol–water partition coefficient (Wildman–Crippen LogP) is 2.56. The molecule has 1 unspecified atom stereocenters. The van der Waals surface area contributed by atoms with Gasteiger partial charge in [0.2, 0.25) is 0 Å². The van der Waals surface area contributed by atoms with Crippen LogP contribution in [0.3, 0.4) is 0 Å². The number of rotatable bonds is 5. The lowest BCUT2D eigenvalue weighted by Gasteiger charge is -2.35. The molecule has 0 spiro atoms. The van der Waals surface area contributed by atoms with E-state index in [1.54, 1.807) is 13.2 Å². The fraction of sp³-hybridized carbons (Fsp3) is 0.583. The monoisotopic (exact) mass is 258 g/mol. The van der Waals surface area contributed by atoms with Gasteiger partial charge in [0.1, 0.15) is 11.9 Å². The van der Waals surface area contributed by atoms with E-state index in [0.717, 1.165) is 0 Å². The summed E-state index contributed by atoms with van der Waals surface area (Å²) in [6.07, 6.45) is 1.97. The van der Waals surface area contributed by atoms with Gasteiger partial charge >= 0.3 is 0 Å². The summed E-state index contributed by atoms with van der Waals surface area (Å²) in [7, 11) is 1.59. The number of methoxy groups -OCH3 is 1. The smallest absolute Gasteiger partial charge is 0.129 e. The Balaban J connectivity index is 3.17. The molecule has 0 saturated carbocycles. The Morgan fingerprint density at radius 1 is 1.53 bits per heavy atom. The van der Waals surface area contributed by atoms with Crippen molar-refractivity contribution in [3.05, 3.63) is 22.8 Å². The number of pyridine rings is 1. The Bertz CT molecular complexity index is 373. The minimum Gasteiger partial charge on any atom is -0.385 e. The average Bonchev–Trinajstić information content (AvgIpc) is 2.35. The quantitative estimate of drug-likeness (QED) is 0.852. The summed E-state index contributed by atoms with van der Waals surface area (Å²) >= 11 is 5.87. The van der Waals surface area contributed by atoms with Gasteiger partial charge in [0.25, 0.3) is 0 Å². The van der Waals surface area contributed by atoms with Crippen LogP contribution in [-0.4, -0.2) is 22.8 Å². The first-order valence-electron chi connectivity index (χ1n) is 5.64. The highest BCUT2D eigenvalue weighted by molar-refractivity contribution is 6.30. The van der Waals surface area contributed by atoms with Crippen LogP contribution in [-0.2, 0) is 4.74 Å². The molecule has 17 heavy (non-hydrogen) atoms. The highest BCUT2D eigenvalue weighted by Gasteiger charge is 2.37. The van der Waals surface area contributed by atoms with E-state index in [-0.39, 0.29) is 5.82 Å². The number of hydrogen-bond acceptors (Lipinski definition) is 4. The summed E-state index contributed by atoms with van der Waals surface area (Å²) in [6, 6.07) is 1.63. The van der Waals surface area contributed by atoms with Gasteiger partial charge in [-0.2, -0.15) is 0 Å². The molecule has 0 bridgehead atoms. The molecule has 0 amide bonds. The van der Waals surface area contributed by atoms with Crippen molar-refractivity contribution >= 4 is 17.4 Å². The number of halogens is 1. The summed E-state index contributed by atoms with van der Waals surface area (Å²) in [5.74, 6) is 0.283. The van der Waals surface area contributed by atoms with Crippen molar-refractivity contribution in [2.75, 3.05) is 12.8 Å². The lowest BCUT2D eigenvalue weighted by molar-refractivity contribution is -0.109. The number of ether oxygens (including phenoxy) is 1. The first kappa shape index (κ1) is 14.2. The van der Waals surface area contributed by atoms with E-state index in [2.05, 4.69) is 4.98 Å². The van der Waals surface area contributed by atoms with Crippen LogP contribution in [0.5, 0.6) is 0 Å². The lowest BCUT2D eigenvalue weighted by Crippen LogP contribution is -2.37. The number of aliphatic hydroxyl groups excluding tert-OH is 1. The van der Waals surface area contributed by atoms with Crippen LogP contribution < -0.4 is 5.73 Å². The molecular formula is C12H19ClN2O2. The van der Waals surface area contributed by atoms with Gasteiger partial charge in [0.05, 0.1) is 10.6 Å². The molecule has 5 heteroatoms. The maximum absolute atomic E-state index is 10.4. The van der Waals surface area contributed by atoms with E-state index in [1.165, 1.54) is 6.20 Å². The van der Waals surface area contributed by atoms with E-state index in [4.69, 9.17) is 22.1 Å². The minimum atomic E-state index is -0.839. The SMILES string of the molecule is CCC(CC)(OC)C(O)c1cc(Cl)cnc1N. The zero-order valence-electron chi connectivity index (χ0n) is 10.4. The number of anilines is 1. The first-order valence-corrected chi connectivity index (χ1v) is 6.02. The molecule has 1 aromatic heterocycles. The van der Waals surface area contributed by atoms with E-state index in [1.807, 2.05) is 13.8 Å². The van der Waals surface area contributed by atoms with Crippen LogP contribution in [0.25, 0.3) is 0 Å². The molecule has 0 aliphatic rings. The standard InChI is InChI=1S/C12H19ClN2O2/c1-4-12(5-2,17-3)10(16)9-6-8(13)7-15-11(9)14/h6-7,10,16H,4-5H2,1-3H3,(H2,14,15). The van der Waals surface area contributed by atoms with Crippen molar-refractivity contribution in [1.29, 1.82) is 0 Å². The molecule has 0 aliphatic heterocycles. The van der Waals surface area contributed by atoms with Gasteiger partial charge in [-0.05, 0) is 18.9 Å². The second kappa shape index (κ2) is 5.67. The van der Waals surface area contributed by atoms with Gasteiger partial charge in [-0.15, -0.1) is 0 Å². The molecule has 96 valence electrons. The second-order valence-electron chi connectivity index (χ2n) is 4.01. The Hall–Kier alpha value is -0.840. The number of hydrogen-bond donors (Lipinski definition) is 2. The molecule has 1 atom stereocenters. The van der Waals surface area contributed by atoms with Crippen molar-refractivity contribution in [2.45, 2.75) is 38.4 Å². The van der Waals surface area contributed by atoms with E-state index >= 15 is 0 Å². The van der Waals surface area contributed by atoms with Gasteiger partial charge in [-0.25, -0.2) is 4.98 Å². The first-order chi connectivity index (χ1) is 8.00. The fourth-order valence-electron chi connectivity index (χ4n) is 2.00. The van der Waals surface area contributed by atoms with E-state index in [9.17, 15) is 5.11 Å². The molecule has 1 aromatic rings. The van der Waals surface area contributed by atoms with Crippen LogP contribution in [0.1, 0.15) is 38.4 Å². The molecule has 4 nitrogen and oxygen atoms in total. The highest BCUT2D eigenvalue weighted by atomic mass is 35.5. The maximum atomic E-state index is 10.4. The Morgan fingerprint density at radius 2 is 2.12 bits per heavy atom. The zero-order valence-corrected chi connectivity index (χ0v) is 11.2. The number of nitrogens with zero attached hydrogens (tertiary/aromatic N) is 1. The zero-order chi connectivity index (χ0) is 13.1. The van der Waals surface area contributed by atoms with E-state index in [0.29, 0.717) is 23.4 Å². The lowest BCUT2D eigenvalue weighted by atomic mass is 9.86. The third-order valence-electron chi connectivity index (χ3n) is 3.31. The minimum absolute atomic E-state index is 0.283. The molecule has 0 saturated heterocycles. The summed E-state index contributed by atoms with van der Waals surface area (Å²) < 4.78 is 5.47. The summed E-state index contributed by atoms with van der Waals surface area (Å²) in [5.41, 5.74) is 5.63. The van der Waals surface area contributed by atoms with Gasteiger partial charge in [-0.3, -0.25) is 0 Å². The van der Waals surface area contributed by atoms with Crippen LogP contribution in [0.15, 0.2) is 12.3 Å². The van der Waals surface area contributed by atoms with Crippen LogP contribution >= 0.6 is 11.6 Å². The van der Waals surface area contributed by atoms with Crippen LogP contribution in [0.2, 0.25) is 5.02 Å². The van der Waals surface area contributed by atoms with Crippen molar-refractivity contribution in [2.24, 2.45) is 0 Å². The van der Waals surface area contributed by atoms with Crippen LogP contribution in [0, 0.1) is 0 Å². The predicted molar refractivity (Wildman–Crippen MR) is 68.9 cm³/mol. The number of aromatic nitrogens is 1. The summed E-state index contributed by atoms with van der Waals surface area (Å²) in [6.45, 7) is 3.93. The summed E-state index contributed by atoms with van der Waals surface area (Å²) in [5, 5.41) is 10.9. The number of nitrogen functional groups attached to an aromatic ring is 1. The van der Waals surface area contributed by atoms with Crippen molar-refractivity contribution in [1.82, 2.24) is 4.98 Å². The third-order valence-corrected chi connectivity index (χ3v) is 3.52. The molecular weight excluding hydrogens is 240 g/mol. The Labute approximate surface area is 107 Å². The third kappa shape index (κ3) is 2.70. The topological polar surface area (TPSA) is 68.4 Å².